The van der Waals surface area contributed by atoms with Gasteiger partial charge in [0.25, 0.3) is 0 Å². The maximum absolute atomic E-state index is 11.8. The Balaban J connectivity index is 1.56. The molecular weight excluding hydrogens is 306 g/mol. The summed E-state index contributed by atoms with van der Waals surface area (Å²) in [4.78, 5) is 22.4. The fourth-order valence-corrected chi connectivity index (χ4v) is 2.92. The van der Waals surface area contributed by atoms with Gasteiger partial charge in [0.2, 0.25) is 5.91 Å². The molecule has 6 heteroatoms. The van der Waals surface area contributed by atoms with E-state index in [2.05, 4.69) is 10.6 Å². The van der Waals surface area contributed by atoms with Crippen molar-refractivity contribution in [1.29, 1.82) is 0 Å². The second-order valence-corrected chi connectivity index (χ2v) is 6.11. The van der Waals surface area contributed by atoms with Gasteiger partial charge in [-0.05, 0) is 36.6 Å². The van der Waals surface area contributed by atoms with Crippen molar-refractivity contribution in [1.82, 2.24) is 5.32 Å². The minimum Gasteiger partial charge on any atom is -0.411 e. The summed E-state index contributed by atoms with van der Waals surface area (Å²) in [5, 5.41) is 6.07. The number of hydrogen-bond acceptors (Lipinski definition) is 4. The van der Waals surface area contributed by atoms with Crippen LogP contribution in [0, 0.1) is 12.3 Å². The summed E-state index contributed by atoms with van der Waals surface area (Å²) in [6, 6.07) is 6.89. The van der Waals surface area contributed by atoms with Crippen molar-refractivity contribution in [3.63, 3.8) is 0 Å². The van der Waals surface area contributed by atoms with Gasteiger partial charge in [-0.2, -0.15) is 0 Å². The number of anilines is 1. The lowest BCUT2D eigenvalue weighted by Gasteiger charge is -2.20. The normalized spacial score (nSPS) is 14.8. The number of amides is 2. The molecule has 4 N–H and O–H groups in total. The molecule has 0 aromatic heterocycles. The average molecular weight is 332 g/mol. The number of benzene rings is 1. The molecule has 0 heterocycles. The van der Waals surface area contributed by atoms with Crippen molar-refractivity contribution in [2.75, 3.05) is 18.4 Å². The first kappa shape index (κ1) is 18.1. The molecule has 24 heavy (non-hydrogen) atoms. The zero-order chi connectivity index (χ0) is 17.2. The molecule has 1 fully saturated rings. The summed E-state index contributed by atoms with van der Waals surface area (Å²) in [6.45, 7) is 1.18. The van der Waals surface area contributed by atoms with E-state index in [0.717, 1.165) is 12.1 Å². The number of nitrogens with one attached hydrogen (secondary N) is 2. The molecule has 0 spiro atoms. The minimum atomic E-state index is -0.831. The molecule has 1 aromatic carbocycles. The smallest absolute Gasteiger partial charge is 0.409 e. The molecule has 0 aliphatic heterocycles. The highest BCUT2D eigenvalue weighted by atomic mass is 16.5. The van der Waals surface area contributed by atoms with Gasteiger partial charge in [-0.3, -0.25) is 4.79 Å². The van der Waals surface area contributed by atoms with E-state index in [1.807, 2.05) is 0 Å². The van der Waals surface area contributed by atoms with E-state index >= 15 is 0 Å². The van der Waals surface area contributed by atoms with Crippen molar-refractivity contribution in [3.8, 4) is 5.75 Å². The maximum atomic E-state index is 11.8. The summed E-state index contributed by atoms with van der Waals surface area (Å²) < 4.78 is 4.75. The summed E-state index contributed by atoms with van der Waals surface area (Å²) in [6.07, 6.45) is 8.28. The number of primary amides is 1. The standard InChI is InChI=1S/C18H26N3O3/c19-18(23)24-16-9-7-15(8-10-16)20-12-13-21-17(22)11-6-14-4-2-1-3-5-14/h7-11,14,20H,1-6,12-13H2,(H2,19,23)(H,21,22). The Morgan fingerprint density at radius 1 is 1.12 bits per heavy atom. The Hall–Kier alpha value is -2.24. The van der Waals surface area contributed by atoms with Crippen molar-refractivity contribution >= 4 is 17.7 Å². The molecule has 6 nitrogen and oxygen atoms in total. The first-order valence-electron chi connectivity index (χ1n) is 8.56. The van der Waals surface area contributed by atoms with Gasteiger partial charge in [0.1, 0.15) is 5.75 Å². The van der Waals surface area contributed by atoms with Crippen molar-refractivity contribution in [2.45, 2.75) is 38.5 Å². The Bertz CT molecular complexity index is 525. The van der Waals surface area contributed by atoms with E-state index < -0.39 is 6.09 Å². The Labute approximate surface area is 143 Å². The molecule has 0 bridgehead atoms. The molecule has 2 amide bonds. The number of carbonyl (C=O) groups is 2. The van der Waals surface area contributed by atoms with Crippen LogP contribution in [0.2, 0.25) is 0 Å². The summed E-state index contributed by atoms with van der Waals surface area (Å²) in [5.41, 5.74) is 5.82. The van der Waals surface area contributed by atoms with Crippen LogP contribution in [0.3, 0.4) is 0 Å². The van der Waals surface area contributed by atoms with E-state index in [4.69, 9.17) is 10.5 Å². The van der Waals surface area contributed by atoms with Crippen molar-refractivity contribution < 1.29 is 14.3 Å². The van der Waals surface area contributed by atoms with E-state index in [9.17, 15) is 9.59 Å². The zero-order valence-electron chi connectivity index (χ0n) is 13.9. The van der Waals surface area contributed by atoms with Crippen LogP contribution in [0.25, 0.3) is 0 Å². The van der Waals surface area contributed by atoms with Gasteiger partial charge in [0, 0.05) is 25.2 Å². The predicted octanol–water partition coefficient (Wildman–Crippen LogP) is 2.85. The van der Waals surface area contributed by atoms with Crippen LogP contribution < -0.4 is 21.1 Å². The van der Waals surface area contributed by atoms with Gasteiger partial charge in [0.05, 0.1) is 0 Å². The first-order chi connectivity index (χ1) is 11.6. The maximum Gasteiger partial charge on any atom is 0.409 e. The Kier molecular flexibility index (Phi) is 7.39. The highest BCUT2D eigenvalue weighted by molar-refractivity contribution is 5.84. The third-order valence-corrected chi connectivity index (χ3v) is 4.19. The fourth-order valence-electron chi connectivity index (χ4n) is 2.92. The molecular formula is C18H26N3O3. The van der Waals surface area contributed by atoms with Crippen LogP contribution in [0.1, 0.15) is 38.5 Å². The predicted molar refractivity (Wildman–Crippen MR) is 93.6 cm³/mol. The van der Waals surface area contributed by atoms with Crippen LogP contribution in [0.15, 0.2) is 24.3 Å². The molecule has 1 radical (unpaired) electrons. The van der Waals surface area contributed by atoms with Crippen LogP contribution in [-0.4, -0.2) is 25.1 Å². The number of carbonyl (C=O) groups excluding carboxylic acids is 2. The van der Waals surface area contributed by atoms with E-state index in [-0.39, 0.29) is 5.91 Å². The summed E-state index contributed by atoms with van der Waals surface area (Å²) in [5.74, 6) is 1.09. The number of ether oxygens (including phenoxy) is 1. The van der Waals surface area contributed by atoms with E-state index in [1.165, 1.54) is 32.1 Å². The van der Waals surface area contributed by atoms with Crippen LogP contribution in [0.4, 0.5) is 10.5 Å². The van der Waals surface area contributed by atoms with E-state index in [0.29, 0.717) is 24.8 Å². The molecule has 1 aromatic rings. The lowest BCUT2D eigenvalue weighted by atomic mass is 9.86. The largest absolute Gasteiger partial charge is 0.411 e. The molecule has 131 valence electrons. The second-order valence-electron chi connectivity index (χ2n) is 6.11. The Morgan fingerprint density at radius 2 is 1.83 bits per heavy atom. The molecule has 1 aliphatic rings. The molecule has 1 aliphatic carbocycles. The van der Waals surface area contributed by atoms with Crippen molar-refractivity contribution in [3.05, 3.63) is 30.7 Å². The highest BCUT2D eigenvalue weighted by Crippen LogP contribution is 2.26. The first-order valence-corrected chi connectivity index (χ1v) is 8.56. The molecule has 0 saturated heterocycles. The van der Waals surface area contributed by atoms with Gasteiger partial charge >= 0.3 is 6.09 Å². The third-order valence-electron chi connectivity index (χ3n) is 4.19. The van der Waals surface area contributed by atoms with Gasteiger partial charge in [-0.15, -0.1) is 0 Å². The quantitative estimate of drug-likeness (QED) is 0.638. The number of hydrogen-bond donors (Lipinski definition) is 3. The number of rotatable bonds is 8. The second kappa shape index (κ2) is 9.80. The monoisotopic (exact) mass is 332 g/mol. The summed E-state index contributed by atoms with van der Waals surface area (Å²) >= 11 is 0. The zero-order valence-corrected chi connectivity index (χ0v) is 13.9. The van der Waals surface area contributed by atoms with Crippen LogP contribution in [-0.2, 0) is 4.79 Å². The van der Waals surface area contributed by atoms with Crippen LogP contribution in [0.5, 0.6) is 5.75 Å². The Morgan fingerprint density at radius 3 is 2.50 bits per heavy atom. The molecule has 0 atom stereocenters. The van der Waals surface area contributed by atoms with Gasteiger partial charge < -0.3 is 21.1 Å². The highest BCUT2D eigenvalue weighted by Gasteiger charge is 2.14. The molecule has 1 saturated carbocycles. The lowest BCUT2D eigenvalue weighted by Crippen LogP contribution is -2.29. The van der Waals surface area contributed by atoms with Crippen molar-refractivity contribution in [2.24, 2.45) is 11.7 Å². The van der Waals surface area contributed by atoms with E-state index in [1.54, 1.807) is 30.7 Å². The molecule has 2 rings (SSSR count). The average Bonchev–Trinajstić information content (AvgIpc) is 2.59. The van der Waals surface area contributed by atoms with Gasteiger partial charge in [0.15, 0.2) is 0 Å². The van der Waals surface area contributed by atoms with Gasteiger partial charge in [-0.25, -0.2) is 4.79 Å². The lowest BCUT2D eigenvalue weighted by molar-refractivity contribution is -0.118. The van der Waals surface area contributed by atoms with Crippen LogP contribution >= 0.6 is 0 Å². The number of nitrogens with two attached hydrogens (primary N) is 1. The minimum absolute atomic E-state index is 0.00702. The van der Waals surface area contributed by atoms with Gasteiger partial charge in [-0.1, -0.05) is 32.1 Å². The fraction of sp³-hybridized carbons (Fsp3) is 0.500. The SMILES string of the molecule is NC(=O)Oc1ccc(NCCNC(=O)[CH]CC2CCCCC2)cc1. The topological polar surface area (TPSA) is 93.5 Å². The molecule has 0 unspecified atom stereocenters. The third kappa shape index (κ3) is 6.89. The summed E-state index contributed by atoms with van der Waals surface area (Å²) in [7, 11) is 0.